The quantitative estimate of drug-likeness (QED) is 0.441. The van der Waals surface area contributed by atoms with E-state index in [2.05, 4.69) is 12.2 Å². The zero-order valence-corrected chi connectivity index (χ0v) is 6.54. The number of thiocarbonyl (C=S) groups is 1. The molecule has 1 aliphatic rings. The highest BCUT2D eigenvalue weighted by Gasteiger charge is 2.22. The molecule has 0 aromatic heterocycles. The van der Waals surface area contributed by atoms with Gasteiger partial charge in [-0.05, 0) is 6.08 Å². The highest BCUT2D eigenvalue weighted by molar-refractivity contribution is 7.80. The molecule has 1 heterocycles. The molecule has 4 N–H and O–H groups in total. The van der Waals surface area contributed by atoms with Crippen LogP contribution in [0.5, 0.6) is 0 Å². The summed E-state index contributed by atoms with van der Waals surface area (Å²) in [6, 6.07) is 0. The van der Waals surface area contributed by atoms with Crippen molar-refractivity contribution in [2.75, 3.05) is 6.61 Å². The number of rotatable bonds is 1. The Bertz CT molecular complexity index is 204. The zero-order chi connectivity index (χ0) is 8.43. The van der Waals surface area contributed by atoms with Crippen LogP contribution in [-0.2, 0) is 4.74 Å². The van der Waals surface area contributed by atoms with Crippen LogP contribution >= 0.6 is 12.2 Å². The number of hydrogen-bond acceptors (Lipinski definition) is 4. The van der Waals surface area contributed by atoms with Crippen LogP contribution in [-0.4, -0.2) is 34.0 Å². The Balaban J connectivity index is 2.71. The van der Waals surface area contributed by atoms with E-state index in [1.807, 2.05) is 0 Å². The molecule has 0 aliphatic carbocycles. The summed E-state index contributed by atoms with van der Waals surface area (Å²) in [5.74, 6) is 0.276. The summed E-state index contributed by atoms with van der Waals surface area (Å²) in [7, 11) is 0. The van der Waals surface area contributed by atoms with Crippen LogP contribution in [0.15, 0.2) is 11.8 Å². The van der Waals surface area contributed by atoms with Gasteiger partial charge in [-0.3, -0.25) is 0 Å². The summed E-state index contributed by atoms with van der Waals surface area (Å²) >= 11 is 4.60. The molecule has 0 saturated heterocycles. The number of ether oxygens (including phenoxy) is 1. The molecule has 1 rings (SSSR count). The van der Waals surface area contributed by atoms with E-state index in [1.54, 1.807) is 0 Å². The number of nitrogens with two attached hydrogens (primary N) is 1. The Morgan fingerprint density at radius 1 is 1.73 bits per heavy atom. The van der Waals surface area contributed by atoms with Crippen LogP contribution in [0.2, 0.25) is 0 Å². The van der Waals surface area contributed by atoms with E-state index in [0.717, 1.165) is 0 Å². The van der Waals surface area contributed by atoms with E-state index in [0.29, 0.717) is 0 Å². The number of aliphatic hydroxyl groups excluding tert-OH is 2. The molecule has 5 heteroatoms. The van der Waals surface area contributed by atoms with Crippen molar-refractivity contribution in [2.45, 2.75) is 12.2 Å². The van der Waals surface area contributed by atoms with Crippen LogP contribution in [0.4, 0.5) is 0 Å². The largest absolute Gasteiger partial charge is 0.488 e. The van der Waals surface area contributed by atoms with Gasteiger partial charge in [-0.15, -0.1) is 0 Å². The minimum absolute atomic E-state index is 0.0321. The minimum Gasteiger partial charge on any atom is -0.488 e. The molecular formula is C6H9NO3S. The Morgan fingerprint density at radius 3 is 2.82 bits per heavy atom. The third-order valence-electron chi connectivity index (χ3n) is 1.37. The summed E-state index contributed by atoms with van der Waals surface area (Å²) in [6.45, 7) is 0.0321. The molecule has 2 atom stereocenters. The molecule has 0 unspecified atom stereocenters. The number of hydrogen-bond donors (Lipinski definition) is 3. The van der Waals surface area contributed by atoms with Crippen molar-refractivity contribution in [3.05, 3.63) is 11.8 Å². The average molecular weight is 175 g/mol. The fourth-order valence-corrected chi connectivity index (χ4v) is 0.868. The first kappa shape index (κ1) is 8.45. The van der Waals surface area contributed by atoms with Crippen molar-refractivity contribution in [1.29, 1.82) is 0 Å². The summed E-state index contributed by atoms with van der Waals surface area (Å²) in [5.41, 5.74) is 5.22. The van der Waals surface area contributed by atoms with Gasteiger partial charge in [0.1, 0.15) is 23.8 Å². The summed E-state index contributed by atoms with van der Waals surface area (Å²) < 4.78 is 4.91. The summed E-state index contributed by atoms with van der Waals surface area (Å²) in [6.07, 6.45) is -0.510. The molecule has 0 amide bonds. The van der Waals surface area contributed by atoms with Crippen LogP contribution in [0.3, 0.4) is 0 Å². The SMILES string of the molecule is NC(=S)C1=C[C@@H](O)[C@@H](O)CO1. The Kier molecular flexibility index (Phi) is 2.43. The van der Waals surface area contributed by atoms with Crippen molar-refractivity contribution in [1.82, 2.24) is 0 Å². The van der Waals surface area contributed by atoms with Crippen molar-refractivity contribution in [2.24, 2.45) is 5.73 Å². The van der Waals surface area contributed by atoms with Gasteiger partial charge in [0.05, 0.1) is 0 Å². The fraction of sp³-hybridized carbons (Fsp3) is 0.500. The first-order valence-corrected chi connectivity index (χ1v) is 3.52. The molecule has 1 aliphatic heterocycles. The first-order chi connectivity index (χ1) is 5.11. The molecule has 62 valence electrons. The number of aliphatic hydroxyl groups is 2. The van der Waals surface area contributed by atoms with E-state index in [1.165, 1.54) is 6.08 Å². The second-order valence-corrected chi connectivity index (χ2v) is 2.70. The van der Waals surface area contributed by atoms with Gasteiger partial charge in [0.15, 0.2) is 5.76 Å². The van der Waals surface area contributed by atoms with Gasteiger partial charge in [0, 0.05) is 0 Å². The van der Waals surface area contributed by atoms with Gasteiger partial charge in [-0.1, -0.05) is 12.2 Å². The second-order valence-electron chi connectivity index (χ2n) is 2.26. The predicted molar refractivity (Wildman–Crippen MR) is 42.8 cm³/mol. The lowest BCUT2D eigenvalue weighted by Crippen LogP contribution is -2.35. The van der Waals surface area contributed by atoms with E-state index in [4.69, 9.17) is 20.7 Å². The van der Waals surface area contributed by atoms with Crippen molar-refractivity contribution in [3.63, 3.8) is 0 Å². The van der Waals surface area contributed by atoms with Crippen LogP contribution in [0.1, 0.15) is 0 Å². The predicted octanol–water partition coefficient (Wildman–Crippen LogP) is -1.09. The van der Waals surface area contributed by atoms with Gasteiger partial charge < -0.3 is 20.7 Å². The molecule has 0 aromatic rings. The molecule has 11 heavy (non-hydrogen) atoms. The molecule has 0 spiro atoms. The van der Waals surface area contributed by atoms with Gasteiger partial charge in [0.25, 0.3) is 0 Å². The van der Waals surface area contributed by atoms with E-state index in [-0.39, 0.29) is 17.4 Å². The Morgan fingerprint density at radius 2 is 2.36 bits per heavy atom. The second kappa shape index (κ2) is 3.17. The van der Waals surface area contributed by atoms with Crippen LogP contribution in [0, 0.1) is 0 Å². The fourth-order valence-electron chi connectivity index (χ4n) is 0.741. The first-order valence-electron chi connectivity index (χ1n) is 3.12. The maximum atomic E-state index is 9.08. The van der Waals surface area contributed by atoms with Gasteiger partial charge in [-0.25, -0.2) is 0 Å². The maximum Gasteiger partial charge on any atom is 0.152 e. The lowest BCUT2D eigenvalue weighted by molar-refractivity contribution is -0.0154. The molecular weight excluding hydrogens is 166 g/mol. The zero-order valence-electron chi connectivity index (χ0n) is 5.73. The standard InChI is InChI=1S/C6H9NO3S/c7-6(11)5-1-3(8)4(9)2-10-5/h1,3-4,8-9H,2H2,(H2,7,11)/t3-,4+/m1/s1. The van der Waals surface area contributed by atoms with Crippen molar-refractivity contribution >= 4 is 17.2 Å². The lowest BCUT2D eigenvalue weighted by Gasteiger charge is -2.22. The minimum atomic E-state index is -0.930. The molecule has 0 radical (unpaired) electrons. The third-order valence-corrected chi connectivity index (χ3v) is 1.57. The monoisotopic (exact) mass is 175 g/mol. The third kappa shape index (κ3) is 1.89. The van der Waals surface area contributed by atoms with Crippen LogP contribution < -0.4 is 5.73 Å². The molecule has 0 bridgehead atoms. The van der Waals surface area contributed by atoms with Crippen molar-refractivity contribution in [3.8, 4) is 0 Å². The van der Waals surface area contributed by atoms with Crippen LogP contribution in [0.25, 0.3) is 0 Å². The Hall–Kier alpha value is -0.650. The van der Waals surface area contributed by atoms with E-state index >= 15 is 0 Å². The van der Waals surface area contributed by atoms with Gasteiger partial charge >= 0.3 is 0 Å². The Labute approximate surface area is 69.3 Å². The smallest absolute Gasteiger partial charge is 0.152 e. The lowest BCUT2D eigenvalue weighted by atomic mass is 10.1. The highest BCUT2D eigenvalue weighted by Crippen LogP contribution is 2.11. The normalized spacial score (nSPS) is 30.5. The topological polar surface area (TPSA) is 75.7 Å². The van der Waals surface area contributed by atoms with Gasteiger partial charge in [0.2, 0.25) is 0 Å². The molecule has 0 fully saturated rings. The molecule has 0 aromatic carbocycles. The van der Waals surface area contributed by atoms with E-state index in [9.17, 15) is 0 Å². The summed E-state index contributed by atoms with van der Waals surface area (Å²) in [5, 5.41) is 18.0. The van der Waals surface area contributed by atoms with Gasteiger partial charge in [-0.2, -0.15) is 0 Å². The summed E-state index contributed by atoms with van der Waals surface area (Å²) in [4.78, 5) is 0.0935. The maximum absolute atomic E-state index is 9.08. The molecule has 4 nitrogen and oxygen atoms in total. The van der Waals surface area contributed by atoms with E-state index < -0.39 is 12.2 Å². The molecule has 0 saturated carbocycles. The van der Waals surface area contributed by atoms with Crippen molar-refractivity contribution < 1.29 is 14.9 Å². The average Bonchev–Trinajstić information content (AvgIpc) is 1.94. The highest BCUT2D eigenvalue weighted by atomic mass is 32.1.